The van der Waals surface area contributed by atoms with Crippen LogP contribution in [0.15, 0.2) is 54.6 Å². The van der Waals surface area contributed by atoms with Crippen LogP contribution in [0.5, 0.6) is 0 Å². The molecule has 2 aliphatic rings. The second-order valence-electron chi connectivity index (χ2n) is 7.28. The zero-order chi connectivity index (χ0) is 19.5. The molecule has 142 valence electrons. The number of nitrogens with zero attached hydrogens (tertiary/aromatic N) is 3. The molecule has 2 amide bonds. The van der Waals surface area contributed by atoms with Crippen LogP contribution in [0.3, 0.4) is 0 Å². The van der Waals surface area contributed by atoms with Crippen LogP contribution in [-0.4, -0.2) is 42.9 Å². The lowest BCUT2D eigenvalue weighted by atomic mass is 10.2. The van der Waals surface area contributed by atoms with Crippen molar-refractivity contribution in [3.63, 3.8) is 0 Å². The maximum absolute atomic E-state index is 12.8. The number of hydrogen-bond donors (Lipinski definition) is 1. The Balaban J connectivity index is 1.29. The molecule has 4 rings (SSSR count). The molecule has 2 unspecified atom stereocenters. The number of carbonyl (C=O) groups is 2. The number of carbonyl (C=O) groups excluding carboxylic acids is 2. The van der Waals surface area contributed by atoms with E-state index >= 15 is 0 Å². The molecular formula is C22H22N4O2. The second kappa shape index (κ2) is 7.73. The Kier molecular flexibility index (Phi) is 4.98. The number of nitriles is 1. The van der Waals surface area contributed by atoms with Gasteiger partial charge in [-0.25, -0.2) is 0 Å². The molecule has 0 bridgehead atoms. The molecule has 1 aliphatic heterocycles. The molecule has 2 atom stereocenters. The third-order valence-electron chi connectivity index (χ3n) is 5.42. The number of piperazine rings is 1. The van der Waals surface area contributed by atoms with E-state index in [2.05, 4.69) is 28.4 Å². The first-order valence-corrected chi connectivity index (χ1v) is 9.55. The van der Waals surface area contributed by atoms with E-state index < -0.39 is 0 Å². The number of amides is 2. The van der Waals surface area contributed by atoms with Gasteiger partial charge in [-0.2, -0.15) is 5.26 Å². The molecule has 6 heteroatoms. The van der Waals surface area contributed by atoms with Gasteiger partial charge in [0.05, 0.1) is 23.5 Å². The molecule has 1 saturated carbocycles. The normalized spacial score (nSPS) is 21.0. The maximum atomic E-state index is 12.8. The molecule has 1 aliphatic carbocycles. The van der Waals surface area contributed by atoms with Crippen LogP contribution >= 0.6 is 0 Å². The Labute approximate surface area is 164 Å². The van der Waals surface area contributed by atoms with E-state index in [-0.39, 0.29) is 23.7 Å². The van der Waals surface area contributed by atoms with Crippen molar-refractivity contribution in [1.29, 1.82) is 5.26 Å². The molecule has 1 heterocycles. The van der Waals surface area contributed by atoms with Crippen molar-refractivity contribution in [2.75, 3.05) is 36.4 Å². The SMILES string of the molecule is N#Cc1cccc(NC(=O)C2CC2C(=O)N2CCN(c3ccccc3)CC2)c1. The van der Waals surface area contributed by atoms with Gasteiger partial charge in [0.2, 0.25) is 11.8 Å². The average Bonchev–Trinajstić information content (AvgIpc) is 3.55. The summed E-state index contributed by atoms with van der Waals surface area (Å²) in [6.45, 7) is 2.98. The zero-order valence-corrected chi connectivity index (χ0v) is 15.5. The summed E-state index contributed by atoms with van der Waals surface area (Å²) in [4.78, 5) is 29.4. The van der Waals surface area contributed by atoms with Crippen molar-refractivity contribution in [3.05, 3.63) is 60.2 Å². The lowest BCUT2D eigenvalue weighted by Crippen LogP contribution is -2.49. The largest absolute Gasteiger partial charge is 0.368 e. The molecule has 1 saturated heterocycles. The fourth-order valence-electron chi connectivity index (χ4n) is 3.72. The van der Waals surface area contributed by atoms with Crippen molar-refractivity contribution >= 4 is 23.2 Å². The van der Waals surface area contributed by atoms with Gasteiger partial charge in [0, 0.05) is 37.6 Å². The van der Waals surface area contributed by atoms with Crippen molar-refractivity contribution in [3.8, 4) is 6.07 Å². The highest BCUT2D eigenvalue weighted by molar-refractivity contribution is 5.99. The van der Waals surface area contributed by atoms with Gasteiger partial charge in [-0.15, -0.1) is 0 Å². The minimum atomic E-state index is -0.273. The van der Waals surface area contributed by atoms with Crippen LogP contribution < -0.4 is 10.2 Å². The van der Waals surface area contributed by atoms with Gasteiger partial charge in [-0.3, -0.25) is 9.59 Å². The third kappa shape index (κ3) is 3.84. The first-order valence-electron chi connectivity index (χ1n) is 9.55. The number of nitrogens with one attached hydrogen (secondary N) is 1. The van der Waals surface area contributed by atoms with Gasteiger partial charge in [-0.05, 0) is 36.8 Å². The highest BCUT2D eigenvalue weighted by atomic mass is 16.2. The molecule has 28 heavy (non-hydrogen) atoms. The highest BCUT2D eigenvalue weighted by Gasteiger charge is 2.49. The highest BCUT2D eigenvalue weighted by Crippen LogP contribution is 2.41. The fourth-order valence-corrected chi connectivity index (χ4v) is 3.72. The van der Waals surface area contributed by atoms with Crippen LogP contribution in [0.1, 0.15) is 12.0 Å². The van der Waals surface area contributed by atoms with Crippen molar-refractivity contribution in [1.82, 2.24) is 4.90 Å². The predicted octanol–water partition coefficient (Wildman–Crippen LogP) is 2.48. The Hall–Kier alpha value is -3.33. The van der Waals surface area contributed by atoms with E-state index in [0.717, 1.165) is 13.1 Å². The molecule has 0 aromatic heterocycles. The summed E-state index contributed by atoms with van der Waals surface area (Å²) < 4.78 is 0. The fraction of sp³-hybridized carbons (Fsp3) is 0.318. The molecule has 0 spiro atoms. The minimum absolute atomic E-state index is 0.0821. The average molecular weight is 374 g/mol. The van der Waals surface area contributed by atoms with Gasteiger partial charge in [0.1, 0.15) is 0 Å². The topological polar surface area (TPSA) is 76.4 Å². The van der Waals surface area contributed by atoms with Gasteiger partial charge in [0.25, 0.3) is 0 Å². The number of rotatable bonds is 4. The smallest absolute Gasteiger partial charge is 0.228 e. The van der Waals surface area contributed by atoms with Gasteiger partial charge < -0.3 is 15.1 Å². The molecule has 0 radical (unpaired) electrons. The van der Waals surface area contributed by atoms with Crippen LogP contribution in [0.2, 0.25) is 0 Å². The van der Waals surface area contributed by atoms with Gasteiger partial charge in [-0.1, -0.05) is 24.3 Å². The Morgan fingerprint density at radius 2 is 1.71 bits per heavy atom. The lowest BCUT2D eigenvalue weighted by molar-refractivity contribution is -0.134. The maximum Gasteiger partial charge on any atom is 0.228 e. The predicted molar refractivity (Wildman–Crippen MR) is 107 cm³/mol. The van der Waals surface area contributed by atoms with Crippen LogP contribution in [-0.2, 0) is 9.59 Å². The van der Waals surface area contributed by atoms with Crippen LogP contribution in [0.4, 0.5) is 11.4 Å². The monoisotopic (exact) mass is 374 g/mol. The third-order valence-corrected chi connectivity index (χ3v) is 5.42. The molecule has 2 aromatic rings. The molecule has 2 aromatic carbocycles. The van der Waals surface area contributed by atoms with E-state index in [0.29, 0.717) is 30.8 Å². The van der Waals surface area contributed by atoms with Crippen LogP contribution in [0, 0.1) is 23.2 Å². The quantitative estimate of drug-likeness (QED) is 0.892. The first-order chi connectivity index (χ1) is 13.7. The molecular weight excluding hydrogens is 352 g/mol. The summed E-state index contributed by atoms with van der Waals surface area (Å²) in [5.74, 6) is -0.553. The minimum Gasteiger partial charge on any atom is -0.368 e. The first kappa shape index (κ1) is 18.1. The summed E-state index contributed by atoms with van der Waals surface area (Å²) >= 11 is 0. The second-order valence-corrected chi connectivity index (χ2v) is 7.28. The van der Waals surface area contributed by atoms with Gasteiger partial charge in [0.15, 0.2) is 0 Å². The lowest BCUT2D eigenvalue weighted by Gasteiger charge is -2.36. The van der Waals surface area contributed by atoms with E-state index in [1.165, 1.54) is 5.69 Å². The Morgan fingerprint density at radius 1 is 0.964 bits per heavy atom. The molecule has 2 fully saturated rings. The number of hydrogen-bond acceptors (Lipinski definition) is 4. The zero-order valence-electron chi connectivity index (χ0n) is 15.5. The van der Waals surface area contributed by atoms with E-state index in [9.17, 15) is 9.59 Å². The molecule has 6 nitrogen and oxygen atoms in total. The summed E-state index contributed by atoms with van der Waals surface area (Å²) in [6.07, 6.45) is 0.599. The molecule has 1 N–H and O–H groups in total. The summed E-state index contributed by atoms with van der Waals surface area (Å²) in [6, 6.07) is 19.1. The number of benzene rings is 2. The van der Waals surface area contributed by atoms with Gasteiger partial charge >= 0.3 is 0 Å². The summed E-state index contributed by atoms with van der Waals surface area (Å²) in [5.41, 5.74) is 2.27. The van der Waals surface area contributed by atoms with E-state index in [4.69, 9.17) is 5.26 Å². The van der Waals surface area contributed by atoms with E-state index in [1.54, 1.807) is 24.3 Å². The Bertz CT molecular complexity index is 914. The summed E-state index contributed by atoms with van der Waals surface area (Å²) in [7, 11) is 0. The van der Waals surface area contributed by atoms with Crippen molar-refractivity contribution in [2.45, 2.75) is 6.42 Å². The summed E-state index contributed by atoms with van der Waals surface area (Å²) in [5, 5.41) is 11.8. The van der Waals surface area contributed by atoms with Crippen molar-refractivity contribution < 1.29 is 9.59 Å². The van der Waals surface area contributed by atoms with Crippen LogP contribution in [0.25, 0.3) is 0 Å². The van der Waals surface area contributed by atoms with Crippen molar-refractivity contribution in [2.24, 2.45) is 11.8 Å². The number of para-hydroxylation sites is 1. The Morgan fingerprint density at radius 3 is 2.43 bits per heavy atom. The van der Waals surface area contributed by atoms with E-state index in [1.807, 2.05) is 23.1 Å². The standard InChI is InChI=1S/C22H22N4O2/c23-15-16-5-4-6-17(13-16)24-21(27)19-14-20(19)22(28)26-11-9-25(10-12-26)18-7-2-1-3-8-18/h1-8,13,19-20H,9-12,14H2,(H,24,27). The number of anilines is 2.